The highest BCUT2D eigenvalue weighted by Crippen LogP contribution is 2.34. The maximum atomic E-state index is 13.9. The number of hydrogen-bond acceptors (Lipinski definition) is 5. The Morgan fingerprint density at radius 2 is 2.00 bits per heavy atom. The number of alkyl halides is 3. The molecule has 1 unspecified atom stereocenters. The van der Waals surface area contributed by atoms with Gasteiger partial charge in [-0.15, -0.1) is 0 Å². The van der Waals surface area contributed by atoms with Gasteiger partial charge in [0.2, 0.25) is 5.91 Å². The molecule has 2 N–H and O–H groups in total. The second kappa shape index (κ2) is 10.9. The van der Waals surface area contributed by atoms with Crippen LogP contribution in [0.4, 0.5) is 29.1 Å². The van der Waals surface area contributed by atoms with Crippen LogP contribution in [0.2, 0.25) is 5.02 Å². The number of likely N-dealkylation sites (tertiary alicyclic amines) is 1. The lowest BCUT2D eigenvalue weighted by Crippen LogP contribution is -2.47. The van der Waals surface area contributed by atoms with E-state index in [9.17, 15) is 22.4 Å². The molecular weight excluding hydrogens is 498 g/mol. The number of rotatable bonds is 7. The molecule has 196 valence electrons. The van der Waals surface area contributed by atoms with Crippen molar-refractivity contribution in [1.29, 1.82) is 0 Å². The summed E-state index contributed by atoms with van der Waals surface area (Å²) in [4.78, 5) is 23.6. The number of carbonyl (C=O) groups is 1. The quantitative estimate of drug-likeness (QED) is 0.532. The van der Waals surface area contributed by atoms with Crippen LogP contribution in [0.15, 0.2) is 30.3 Å². The van der Waals surface area contributed by atoms with Crippen molar-refractivity contribution in [2.75, 3.05) is 42.5 Å². The number of halogens is 5. The summed E-state index contributed by atoms with van der Waals surface area (Å²) in [5, 5.41) is -0.103. The van der Waals surface area contributed by atoms with Crippen molar-refractivity contribution >= 4 is 29.0 Å². The minimum absolute atomic E-state index is 0.103. The van der Waals surface area contributed by atoms with Gasteiger partial charge in [0.1, 0.15) is 17.7 Å². The number of carbonyl (C=O) groups excluding carboxylic acids is 1. The van der Waals surface area contributed by atoms with Gasteiger partial charge in [0.15, 0.2) is 0 Å². The number of anilines is 2. The largest absolute Gasteiger partial charge is 0.416 e. The molecule has 1 amide bonds. The Morgan fingerprint density at radius 1 is 1.22 bits per heavy atom. The maximum absolute atomic E-state index is 13.9. The van der Waals surface area contributed by atoms with E-state index in [2.05, 4.69) is 9.88 Å². The van der Waals surface area contributed by atoms with Crippen LogP contribution in [-0.4, -0.2) is 60.6 Å². The number of amides is 1. The minimum atomic E-state index is -4.52. The van der Waals surface area contributed by atoms with E-state index >= 15 is 0 Å². The summed E-state index contributed by atoms with van der Waals surface area (Å²) in [6.45, 7) is 4.71. The molecule has 0 bridgehead atoms. The van der Waals surface area contributed by atoms with E-state index < -0.39 is 23.6 Å². The summed E-state index contributed by atoms with van der Waals surface area (Å²) in [6.07, 6.45) is -1.83. The van der Waals surface area contributed by atoms with E-state index in [1.165, 1.54) is 25.1 Å². The van der Waals surface area contributed by atoms with Crippen molar-refractivity contribution in [3.63, 3.8) is 0 Å². The maximum Gasteiger partial charge on any atom is 0.416 e. The Bertz CT molecular complexity index is 1100. The molecule has 2 saturated heterocycles. The highest BCUT2D eigenvalue weighted by molar-refractivity contribution is 6.31. The molecule has 2 aromatic rings. The molecule has 2 atom stereocenters. The Kier molecular flexibility index (Phi) is 8.06. The van der Waals surface area contributed by atoms with Crippen LogP contribution in [0.25, 0.3) is 0 Å². The summed E-state index contributed by atoms with van der Waals surface area (Å²) in [7, 11) is 0. The van der Waals surface area contributed by atoms with E-state index in [1.54, 1.807) is 9.80 Å². The normalized spacial score (nSPS) is 20.8. The topological polar surface area (TPSA) is 65.7 Å². The van der Waals surface area contributed by atoms with E-state index in [1.807, 2.05) is 0 Å². The van der Waals surface area contributed by atoms with E-state index in [4.69, 9.17) is 17.3 Å². The molecule has 0 aliphatic carbocycles. The highest BCUT2D eigenvalue weighted by atomic mass is 35.5. The molecule has 1 aromatic carbocycles. The predicted molar refractivity (Wildman–Crippen MR) is 132 cm³/mol. The molecule has 0 spiro atoms. The van der Waals surface area contributed by atoms with Crippen LogP contribution < -0.4 is 15.5 Å². The first kappa shape index (κ1) is 26.6. The predicted octanol–water partition coefficient (Wildman–Crippen LogP) is 4.63. The molecule has 11 heteroatoms. The first-order chi connectivity index (χ1) is 17.0. The van der Waals surface area contributed by atoms with Gasteiger partial charge in [-0.05, 0) is 76.0 Å². The zero-order valence-electron chi connectivity index (χ0n) is 20.1. The van der Waals surface area contributed by atoms with Crippen LogP contribution >= 0.6 is 11.6 Å². The van der Waals surface area contributed by atoms with Crippen molar-refractivity contribution in [1.82, 2.24) is 9.88 Å². The zero-order chi connectivity index (χ0) is 26.0. The Balaban J connectivity index is 1.58. The van der Waals surface area contributed by atoms with Crippen molar-refractivity contribution in [2.45, 2.75) is 50.9 Å². The van der Waals surface area contributed by atoms with Crippen molar-refractivity contribution in [3.05, 3.63) is 52.4 Å². The van der Waals surface area contributed by atoms with Gasteiger partial charge in [-0.25, -0.2) is 9.37 Å². The van der Waals surface area contributed by atoms with Crippen LogP contribution in [0, 0.1) is 12.7 Å². The summed E-state index contributed by atoms with van der Waals surface area (Å²) in [5.41, 5.74) is 5.87. The highest BCUT2D eigenvalue weighted by Gasteiger charge is 2.37. The Labute approximate surface area is 213 Å². The molecular formula is C25H30ClF4N5O. The lowest BCUT2D eigenvalue weighted by molar-refractivity contribution is -0.137. The fourth-order valence-electron chi connectivity index (χ4n) is 4.98. The summed E-state index contributed by atoms with van der Waals surface area (Å²) < 4.78 is 54.1. The van der Waals surface area contributed by atoms with Crippen molar-refractivity contribution in [2.24, 2.45) is 5.73 Å². The third kappa shape index (κ3) is 6.10. The number of pyridine rings is 1. The van der Waals surface area contributed by atoms with E-state index in [-0.39, 0.29) is 28.5 Å². The molecule has 0 saturated carbocycles. The number of hydrogen-bond donors (Lipinski definition) is 1. The van der Waals surface area contributed by atoms with Gasteiger partial charge < -0.3 is 20.4 Å². The molecule has 2 fully saturated rings. The fraction of sp³-hybridized carbons (Fsp3) is 0.520. The van der Waals surface area contributed by atoms with Gasteiger partial charge in [0.25, 0.3) is 0 Å². The lowest BCUT2D eigenvalue weighted by Gasteiger charge is -2.32. The van der Waals surface area contributed by atoms with Crippen LogP contribution in [0.5, 0.6) is 0 Å². The number of nitrogens with zero attached hydrogens (tertiary/aromatic N) is 4. The van der Waals surface area contributed by atoms with Gasteiger partial charge in [0.05, 0.1) is 10.6 Å². The molecule has 4 rings (SSSR count). The summed E-state index contributed by atoms with van der Waals surface area (Å²) >= 11 is 6.02. The molecule has 2 aliphatic rings. The average Bonchev–Trinajstić information content (AvgIpc) is 3.46. The lowest BCUT2D eigenvalue weighted by atomic mass is 10.1. The fourth-order valence-corrected chi connectivity index (χ4v) is 5.15. The molecule has 3 heterocycles. The van der Waals surface area contributed by atoms with Crippen molar-refractivity contribution in [3.8, 4) is 0 Å². The number of benzene rings is 1. The second-order valence-corrected chi connectivity index (χ2v) is 9.90. The van der Waals surface area contributed by atoms with Crippen LogP contribution in [0.3, 0.4) is 0 Å². The monoisotopic (exact) mass is 527 g/mol. The SMILES string of the molecule is Cc1cc(C(F)(F)F)cc(N2CCC[C@H]2C(=O)N(CCCN2CCC(N)C2)c2ccc(F)c(Cl)c2)n1. The van der Waals surface area contributed by atoms with Crippen molar-refractivity contribution < 1.29 is 22.4 Å². The smallest absolute Gasteiger partial charge is 0.345 e. The number of aryl methyl sites for hydroxylation is 1. The first-order valence-electron chi connectivity index (χ1n) is 12.1. The standard InChI is InChI=1S/C25H30ClF4N5O/c1-16-12-17(25(28,29)30)13-23(32-16)35-9-2-4-22(35)24(36)34(19-5-6-21(27)20(26)14-19)10-3-8-33-11-7-18(31)15-33/h5-6,12-14,18,22H,2-4,7-11,15,31H2,1H3/t18?,22-/m0/s1. The molecule has 6 nitrogen and oxygen atoms in total. The van der Waals surface area contributed by atoms with E-state index in [0.717, 1.165) is 38.2 Å². The van der Waals surface area contributed by atoms with Gasteiger partial charge in [-0.2, -0.15) is 13.2 Å². The number of nitrogens with two attached hydrogens (primary N) is 1. The molecule has 36 heavy (non-hydrogen) atoms. The first-order valence-corrected chi connectivity index (χ1v) is 12.5. The van der Waals surface area contributed by atoms with Gasteiger partial charge >= 0.3 is 6.18 Å². The van der Waals surface area contributed by atoms with Gasteiger partial charge in [0, 0.05) is 37.1 Å². The number of aromatic nitrogens is 1. The second-order valence-electron chi connectivity index (χ2n) is 9.50. The Morgan fingerprint density at radius 3 is 2.67 bits per heavy atom. The molecule has 1 aromatic heterocycles. The van der Waals surface area contributed by atoms with Gasteiger partial charge in [-0.1, -0.05) is 11.6 Å². The van der Waals surface area contributed by atoms with Gasteiger partial charge in [-0.3, -0.25) is 4.79 Å². The molecule has 0 radical (unpaired) electrons. The average molecular weight is 528 g/mol. The van der Waals surface area contributed by atoms with Crippen LogP contribution in [0.1, 0.15) is 36.9 Å². The third-order valence-electron chi connectivity index (χ3n) is 6.75. The third-order valence-corrected chi connectivity index (χ3v) is 7.03. The zero-order valence-corrected chi connectivity index (χ0v) is 20.8. The van der Waals surface area contributed by atoms with Crippen LogP contribution in [-0.2, 0) is 11.0 Å². The Hall–Kier alpha value is -2.43. The minimum Gasteiger partial charge on any atom is -0.345 e. The summed E-state index contributed by atoms with van der Waals surface area (Å²) in [6, 6.07) is 5.56. The summed E-state index contributed by atoms with van der Waals surface area (Å²) in [5.74, 6) is -0.739. The molecule has 2 aliphatic heterocycles. The van der Waals surface area contributed by atoms with E-state index in [0.29, 0.717) is 38.0 Å².